The molecule has 0 aliphatic heterocycles. The summed E-state index contributed by atoms with van der Waals surface area (Å²) in [5.74, 6) is 0.602. The second kappa shape index (κ2) is 6.03. The van der Waals surface area contributed by atoms with Gasteiger partial charge in [-0.3, -0.25) is 9.59 Å². The zero-order chi connectivity index (χ0) is 12.8. The lowest BCUT2D eigenvalue weighted by molar-refractivity contribution is -0.119. The SMILES string of the molecule is COc1ccc(C(=O)CC(C)NC(C)=O)cc1. The fraction of sp³-hybridized carbons (Fsp3) is 0.385. The quantitative estimate of drug-likeness (QED) is 0.792. The Labute approximate surface area is 101 Å². The van der Waals surface area contributed by atoms with Crippen LogP contribution in [0.15, 0.2) is 24.3 Å². The first-order valence-electron chi connectivity index (χ1n) is 5.47. The fourth-order valence-electron chi connectivity index (χ4n) is 1.57. The molecule has 1 atom stereocenters. The summed E-state index contributed by atoms with van der Waals surface area (Å²) in [5, 5.41) is 2.68. The van der Waals surface area contributed by atoms with Crippen LogP contribution in [0, 0.1) is 0 Å². The third-order valence-electron chi connectivity index (χ3n) is 2.35. The van der Waals surface area contributed by atoms with E-state index in [9.17, 15) is 9.59 Å². The monoisotopic (exact) mass is 235 g/mol. The number of hydrogen-bond donors (Lipinski definition) is 1. The van der Waals surface area contributed by atoms with Gasteiger partial charge in [0.25, 0.3) is 0 Å². The van der Waals surface area contributed by atoms with Crippen molar-refractivity contribution in [3.63, 3.8) is 0 Å². The Hall–Kier alpha value is -1.84. The van der Waals surface area contributed by atoms with Crippen LogP contribution in [0.4, 0.5) is 0 Å². The number of methoxy groups -OCH3 is 1. The molecule has 0 aliphatic rings. The number of ketones is 1. The Morgan fingerprint density at radius 1 is 1.29 bits per heavy atom. The molecular weight excluding hydrogens is 218 g/mol. The van der Waals surface area contributed by atoms with Crippen molar-refractivity contribution in [3.05, 3.63) is 29.8 Å². The first-order chi connectivity index (χ1) is 8.02. The molecule has 92 valence electrons. The third-order valence-corrected chi connectivity index (χ3v) is 2.35. The van der Waals surface area contributed by atoms with Crippen LogP contribution in [0.25, 0.3) is 0 Å². The summed E-state index contributed by atoms with van der Waals surface area (Å²) in [6.07, 6.45) is 0.298. The summed E-state index contributed by atoms with van der Waals surface area (Å²) in [7, 11) is 1.58. The molecule has 0 bridgehead atoms. The van der Waals surface area contributed by atoms with Crippen LogP contribution in [0.5, 0.6) is 5.75 Å². The number of nitrogens with one attached hydrogen (secondary N) is 1. The highest BCUT2D eigenvalue weighted by Crippen LogP contribution is 2.13. The number of benzene rings is 1. The van der Waals surface area contributed by atoms with E-state index in [4.69, 9.17) is 4.74 Å². The molecular formula is C13H17NO3. The fourth-order valence-corrected chi connectivity index (χ4v) is 1.57. The van der Waals surface area contributed by atoms with Crippen LogP contribution in [0.1, 0.15) is 30.6 Å². The van der Waals surface area contributed by atoms with Gasteiger partial charge in [0.1, 0.15) is 5.75 Å². The number of carbonyl (C=O) groups excluding carboxylic acids is 2. The minimum Gasteiger partial charge on any atom is -0.497 e. The molecule has 0 radical (unpaired) electrons. The standard InChI is InChI=1S/C13H17NO3/c1-9(14-10(2)15)8-13(16)11-4-6-12(17-3)7-5-11/h4-7,9H,8H2,1-3H3,(H,14,15). The Kier molecular flexibility index (Phi) is 4.69. The van der Waals surface area contributed by atoms with Gasteiger partial charge in [-0.15, -0.1) is 0 Å². The van der Waals surface area contributed by atoms with E-state index in [1.807, 2.05) is 6.92 Å². The van der Waals surface area contributed by atoms with E-state index < -0.39 is 0 Å². The molecule has 1 aromatic rings. The molecule has 0 saturated heterocycles. The molecule has 1 N–H and O–H groups in total. The number of Topliss-reactive ketones (excluding diaryl/α,β-unsaturated/α-hetero) is 1. The minimum absolute atomic E-state index is 0.00824. The number of hydrogen-bond acceptors (Lipinski definition) is 3. The van der Waals surface area contributed by atoms with Crippen molar-refractivity contribution in [1.29, 1.82) is 0 Å². The predicted octanol–water partition coefficient (Wildman–Crippen LogP) is 1.79. The minimum atomic E-state index is -0.151. The van der Waals surface area contributed by atoms with Gasteiger partial charge in [0.05, 0.1) is 7.11 Å². The van der Waals surface area contributed by atoms with E-state index in [0.717, 1.165) is 5.75 Å². The molecule has 1 unspecified atom stereocenters. The Morgan fingerprint density at radius 2 is 1.88 bits per heavy atom. The van der Waals surface area contributed by atoms with Crippen LogP contribution in [-0.4, -0.2) is 24.8 Å². The maximum atomic E-state index is 11.8. The molecule has 1 aromatic carbocycles. The van der Waals surface area contributed by atoms with Crippen molar-refractivity contribution in [2.45, 2.75) is 26.3 Å². The van der Waals surface area contributed by atoms with Gasteiger partial charge in [-0.25, -0.2) is 0 Å². The van der Waals surface area contributed by atoms with Gasteiger partial charge in [0.15, 0.2) is 5.78 Å². The summed E-state index contributed by atoms with van der Waals surface area (Å²) in [6.45, 7) is 3.25. The van der Waals surface area contributed by atoms with Crippen LogP contribution in [0.2, 0.25) is 0 Å². The number of ether oxygens (including phenoxy) is 1. The molecule has 4 nitrogen and oxygen atoms in total. The molecule has 4 heteroatoms. The van der Waals surface area contributed by atoms with Crippen molar-refractivity contribution >= 4 is 11.7 Å². The molecule has 0 aliphatic carbocycles. The molecule has 0 fully saturated rings. The molecule has 17 heavy (non-hydrogen) atoms. The van der Waals surface area contributed by atoms with Gasteiger partial charge in [-0.2, -0.15) is 0 Å². The highest BCUT2D eigenvalue weighted by atomic mass is 16.5. The predicted molar refractivity (Wildman–Crippen MR) is 65.2 cm³/mol. The van der Waals surface area contributed by atoms with E-state index in [0.29, 0.717) is 12.0 Å². The summed E-state index contributed by atoms with van der Waals surface area (Å²) in [6, 6.07) is 6.79. The summed E-state index contributed by atoms with van der Waals surface area (Å²) in [5.41, 5.74) is 0.628. The van der Waals surface area contributed by atoms with Gasteiger partial charge in [-0.05, 0) is 31.2 Å². The molecule has 0 heterocycles. The topological polar surface area (TPSA) is 55.4 Å². The molecule has 1 amide bonds. The van der Waals surface area contributed by atoms with Gasteiger partial charge < -0.3 is 10.1 Å². The Bertz CT molecular complexity index is 398. The zero-order valence-corrected chi connectivity index (χ0v) is 10.3. The average molecular weight is 235 g/mol. The van der Waals surface area contributed by atoms with Crippen molar-refractivity contribution in [2.75, 3.05) is 7.11 Å². The lowest BCUT2D eigenvalue weighted by atomic mass is 10.0. The Morgan fingerprint density at radius 3 is 2.35 bits per heavy atom. The first-order valence-corrected chi connectivity index (χ1v) is 5.47. The molecule has 0 aromatic heterocycles. The first kappa shape index (κ1) is 13.2. The highest BCUT2D eigenvalue weighted by molar-refractivity contribution is 5.96. The van der Waals surface area contributed by atoms with Crippen molar-refractivity contribution < 1.29 is 14.3 Å². The Balaban J connectivity index is 2.60. The lowest BCUT2D eigenvalue weighted by Gasteiger charge is -2.11. The smallest absolute Gasteiger partial charge is 0.217 e. The summed E-state index contributed by atoms with van der Waals surface area (Å²) in [4.78, 5) is 22.7. The van der Waals surface area contributed by atoms with Crippen molar-refractivity contribution in [3.8, 4) is 5.75 Å². The van der Waals surface area contributed by atoms with Crippen LogP contribution >= 0.6 is 0 Å². The van der Waals surface area contributed by atoms with E-state index in [1.165, 1.54) is 6.92 Å². The second-order valence-electron chi connectivity index (χ2n) is 3.96. The number of rotatable bonds is 5. The lowest BCUT2D eigenvalue weighted by Crippen LogP contribution is -2.32. The molecule has 0 saturated carbocycles. The highest BCUT2D eigenvalue weighted by Gasteiger charge is 2.11. The number of carbonyl (C=O) groups is 2. The summed E-state index contributed by atoms with van der Waals surface area (Å²) < 4.78 is 5.01. The van der Waals surface area contributed by atoms with Gasteiger partial charge >= 0.3 is 0 Å². The van der Waals surface area contributed by atoms with Crippen LogP contribution in [-0.2, 0) is 4.79 Å². The second-order valence-corrected chi connectivity index (χ2v) is 3.96. The average Bonchev–Trinajstić information content (AvgIpc) is 2.28. The molecule has 1 rings (SSSR count). The van der Waals surface area contributed by atoms with E-state index in [2.05, 4.69) is 5.32 Å². The van der Waals surface area contributed by atoms with Crippen molar-refractivity contribution in [1.82, 2.24) is 5.32 Å². The largest absolute Gasteiger partial charge is 0.497 e. The maximum absolute atomic E-state index is 11.8. The summed E-state index contributed by atoms with van der Waals surface area (Å²) >= 11 is 0. The zero-order valence-electron chi connectivity index (χ0n) is 10.3. The van der Waals surface area contributed by atoms with E-state index in [-0.39, 0.29) is 17.7 Å². The normalized spacial score (nSPS) is 11.7. The van der Waals surface area contributed by atoms with Crippen LogP contribution in [0.3, 0.4) is 0 Å². The molecule has 0 spiro atoms. The van der Waals surface area contributed by atoms with Gasteiger partial charge in [0.2, 0.25) is 5.91 Å². The van der Waals surface area contributed by atoms with Gasteiger partial charge in [0, 0.05) is 24.9 Å². The van der Waals surface area contributed by atoms with E-state index in [1.54, 1.807) is 31.4 Å². The number of amides is 1. The third kappa shape index (κ3) is 4.26. The maximum Gasteiger partial charge on any atom is 0.217 e. The van der Waals surface area contributed by atoms with Crippen LogP contribution < -0.4 is 10.1 Å². The van der Waals surface area contributed by atoms with Gasteiger partial charge in [-0.1, -0.05) is 0 Å². The van der Waals surface area contributed by atoms with Crippen molar-refractivity contribution in [2.24, 2.45) is 0 Å². The van der Waals surface area contributed by atoms with E-state index >= 15 is 0 Å².